The highest BCUT2D eigenvalue weighted by Crippen LogP contribution is 2.41. The van der Waals surface area contributed by atoms with Gasteiger partial charge >= 0.3 is 0 Å². The molecular formula is C22H20N4O6S2. The highest BCUT2D eigenvalue weighted by molar-refractivity contribution is 7.94. The zero-order chi connectivity index (χ0) is 24.3. The minimum absolute atomic E-state index is 0.00481. The van der Waals surface area contributed by atoms with Crippen molar-refractivity contribution in [1.29, 1.82) is 0 Å². The van der Waals surface area contributed by atoms with E-state index in [1.165, 1.54) is 32.5 Å². The average molecular weight is 501 g/mol. The summed E-state index contributed by atoms with van der Waals surface area (Å²) in [7, 11) is -1.26. The number of thiazole rings is 1. The van der Waals surface area contributed by atoms with Gasteiger partial charge in [-0.1, -0.05) is 24.3 Å². The number of phenols is 1. The quantitative estimate of drug-likeness (QED) is 0.365. The average Bonchev–Trinajstić information content (AvgIpc) is 3.27. The van der Waals surface area contributed by atoms with Crippen LogP contribution in [-0.2, 0) is 10.0 Å². The molecule has 34 heavy (non-hydrogen) atoms. The first kappa shape index (κ1) is 23.3. The number of nitrogens with one attached hydrogen (secondary N) is 1. The van der Waals surface area contributed by atoms with Crippen molar-refractivity contribution in [2.24, 2.45) is 0 Å². The van der Waals surface area contributed by atoms with Crippen LogP contribution in [0.1, 0.15) is 4.88 Å². The third-order valence-corrected chi connectivity index (χ3v) is 7.12. The lowest BCUT2D eigenvalue weighted by atomic mass is 10.2. The van der Waals surface area contributed by atoms with Crippen LogP contribution in [0.25, 0.3) is 11.4 Å². The Labute approximate surface area is 199 Å². The summed E-state index contributed by atoms with van der Waals surface area (Å²) in [6, 6.07) is 13.0. The summed E-state index contributed by atoms with van der Waals surface area (Å²) < 4.78 is 45.2. The molecule has 0 saturated heterocycles. The number of aromatic nitrogens is 3. The van der Waals surface area contributed by atoms with Crippen LogP contribution in [0.15, 0.2) is 59.1 Å². The van der Waals surface area contributed by atoms with Crippen LogP contribution in [0.5, 0.6) is 28.9 Å². The Bertz CT molecular complexity index is 1440. The molecule has 0 saturated carbocycles. The Hall–Kier alpha value is -3.90. The number of sulfonamides is 1. The molecule has 4 aromatic rings. The van der Waals surface area contributed by atoms with Crippen molar-refractivity contribution < 1.29 is 27.7 Å². The lowest BCUT2D eigenvalue weighted by Gasteiger charge is -2.17. The molecule has 0 atom stereocenters. The van der Waals surface area contributed by atoms with Crippen molar-refractivity contribution in [2.75, 3.05) is 18.9 Å². The van der Waals surface area contributed by atoms with Crippen LogP contribution >= 0.6 is 11.3 Å². The molecule has 2 heterocycles. The van der Waals surface area contributed by atoms with E-state index in [0.717, 1.165) is 16.2 Å². The molecule has 0 aliphatic heterocycles. The molecule has 0 unspecified atom stereocenters. The van der Waals surface area contributed by atoms with Crippen molar-refractivity contribution in [2.45, 2.75) is 11.3 Å². The maximum absolute atomic E-state index is 13.1. The number of aromatic hydroxyl groups is 1. The van der Waals surface area contributed by atoms with Gasteiger partial charge in [-0.15, -0.1) is 11.3 Å². The van der Waals surface area contributed by atoms with Crippen LogP contribution in [0.3, 0.4) is 0 Å². The van der Waals surface area contributed by atoms with Gasteiger partial charge in [0.25, 0.3) is 15.9 Å². The van der Waals surface area contributed by atoms with Crippen molar-refractivity contribution in [3.63, 3.8) is 0 Å². The van der Waals surface area contributed by atoms with E-state index in [-0.39, 0.29) is 33.4 Å². The molecule has 0 amide bonds. The molecular weight excluding hydrogens is 480 g/mol. The maximum atomic E-state index is 13.1. The number of ether oxygens (including phenoxy) is 3. The van der Waals surface area contributed by atoms with E-state index in [2.05, 4.69) is 19.7 Å². The second kappa shape index (κ2) is 9.53. The Balaban J connectivity index is 1.88. The van der Waals surface area contributed by atoms with Crippen LogP contribution in [0, 0.1) is 6.92 Å². The summed E-state index contributed by atoms with van der Waals surface area (Å²) in [5.41, 5.74) is 0.438. The molecule has 176 valence electrons. The van der Waals surface area contributed by atoms with Gasteiger partial charge in [0.2, 0.25) is 10.1 Å². The molecule has 12 heteroatoms. The van der Waals surface area contributed by atoms with Gasteiger partial charge in [0.15, 0.2) is 23.1 Å². The number of anilines is 1. The Morgan fingerprint density at radius 2 is 1.76 bits per heavy atom. The van der Waals surface area contributed by atoms with Crippen molar-refractivity contribution in [3.8, 4) is 40.3 Å². The first-order valence-electron chi connectivity index (χ1n) is 9.82. The van der Waals surface area contributed by atoms with Gasteiger partial charge in [-0.2, -0.15) is 13.4 Å². The van der Waals surface area contributed by atoms with Crippen LogP contribution in [-0.4, -0.2) is 42.7 Å². The van der Waals surface area contributed by atoms with Gasteiger partial charge in [-0.05, 0) is 31.2 Å². The van der Waals surface area contributed by atoms with E-state index < -0.39 is 10.0 Å². The van der Waals surface area contributed by atoms with Gasteiger partial charge in [-0.3, -0.25) is 4.72 Å². The molecule has 0 radical (unpaired) electrons. The van der Waals surface area contributed by atoms with E-state index in [9.17, 15) is 13.5 Å². The number of hydrogen-bond donors (Lipinski definition) is 2. The predicted molar refractivity (Wildman–Crippen MR) is 126 cm³/mol. The second-order valence-corrected chi connectivity index (χ2v) is 9.97. The van der Waals surface area contributed by atoms with Gasteiger partial charge < -0.3 is 19.3 Å². The largest absolute Gasteiger partial charge is 0.508 e. The maximum Gasteiger partial charge on any atom is 0.290 e. The molecule has 2 aromatic heterocycles. The zero-order valence-corrected chi connectivity index (χ0v) is 20.0. The third kappa shape index (κ3) is 4.87. The summed E-state index contributed by atoms with van der Waals surface area (Å²) in [5, 5.41) is 9.87. The number of aryl methyl sites for hydroxylation is 1. The number of phenolic OH excluding ortho intramolecular Hbond substituents is 1. The Morgan fingerprint density at radius 1 is 1.00 bits per heavy atom. The summed E-state index contributed by atoms with van der Waals surface area (Å²) in [5.74, 6) is 0.514. The van der Waals surface area contributed by atoms with E-state index in [4.69, 9.17) is 14.2 Å². The Kier molecular flexibility index (Phi) is 6.52. The second-order valence-electron chi connectivity index (χ2n) is 6.88. The third-order valence-electron chi connectivity index (χ3n) is 4.47. The minimum Gasteiger partial charge on any atom is -0.508 e. The fraction of sp³-hybridized carbons (Fsp3) is 0.136. The van der Waals surface area contributed by atoms with Gasteiger partial charge in [0.05, 0.1) is 14.2 Å². The molecule has 2 aromatic carbocycles. The fourth-order valence-corrected chi connectivity index (χ4v) is 5.06. The standard InChI is InChI=1S/C22H20N4O6S2/c1-13-12-23-22(33-13)34(28,29)26-20-18(32-17-10-5-4-9-16(17)30-2)21(31-3)25-19(24-20)14-7-6-8-15(27)11-14/h4-12,27H,1-3H3,(H,24,25,26). The first-order valence-corrected chi connectivity index (χ1v) is 12.1. The summed E-state index contributed by atoms with van der Waals surface area (Å²) in [6.07, 6.45) is 1.46. The first-order chi connectivity index (χ1) is 16.3. The van der Waals surface area contributed by atoms with Crippen molar-refractivity contribution in [1.82, 2.24) is 15.0 Å². The summed E-state index contributed by atoms with van der Waals surface area (Å²) in [4.78, 5) is 13.4. The molecule has 0 aliphatic rings. The Morgan fingerprint density at radius 3 is 2.41 bits per heavy atom. The highest BCUT2D eigenvalue weighted by Gasteiger charge is 2.26. The van der Waals surface area contributed by atoms with Crippen LogP contribution < -0.4 is 18.9 Å². The number of para-hydroxylation sites is 2. The van der Waals surface area contributed by atoms with E-state index in [1.54, 1.807) is 43.3 Å². The summed E-state index contributed by atoms with van der Waals surface area (Å²) >= 11 is 1.01. The SMILES string of the molecule is COc1ccccc1Oc1c(NS(=O)(=O)c2ncc(C)s2)nc(-c2cccc(O)c2)nc1OC. The lowest BCUT2D eigenvalue weighted by Crippen LogP contribution is -2.15. The molecule has 0 fully saturated rings. The molecule has 0 spiro atoms. The number of rotatable bonds is 8. The fourth-order valence-electron chi connectivity index (χ4n) is 2.95. The van der Waals surface area contributed by atoms with Crippen molar-refractivity contribution >= 4 is 27.2 Å². The highest BCUT2D eigenvalue weighted by atomic mass is 32.2. The summed E-state index contributed by atoms with van der Waals surface area (Å²) in [6.45, 7) is 1.75. The van der Waals surface area contributed by atoms with Crippen molar-refractivity contribution in [3.05, 3.63) is 59.6 Å². The lowest BCUT2D eigenvalue weighted by molar-refractivity contribution is 0.348. The van der Waals surface area contributed by atoms with E-state index in [1.807, 2.05) is 0 Å². The number of hydrogen-bond acceptors (Lipinski definition) is 10. The molecule has 4 rings (SSSR count). The van der Waals surface area contributed by atoms with E-state index in [0.29, 0.717) is 17.1 Å². The number of nitrogens with zero attached hydrogens (tertiary/aromatic N) is 3. The van der Waals surface area contributed by atoms with Gasteiger partial charge in [0, 0.05) is 16.6 Å². The van der Waals surface area contributed by atoms with Crippen LogP contribution in [0.2, 0.25) is 0 Å². The molecule has 10 nitrogen and oxygen atoms in total. The smallest absolute Gasteiger partial charge is 0.290 e. The monoisotopic (exact) mass is 500 g/mol. The molecule has 0 bridgehead atoms. The topological polar surface area (TPSA) is 133 Å². The number of methoxy groups -OCH3 is 2. The molecule has 2 N–H and O–H groups in total. The van der Waals surface area contributed by atoms with Crippen LogP contribution in [0.4, 0.5) is 5.82 Å². The molecule has 0 aliphatic carbocycles. The normalized spacial score (nSPS) is 11.1. The predicted octanol–water partition coefficient (Wildman–Crippen LogP) is 4.22. The van der Waals surface area contributed by atoms with Gasteiger partial charge in [-0.25, -0.2) is 9.97 Å². The van der Waals surface area contributed by atoms with Gasteiger partial charge in [0.1, 0.15) is 5.75 Å². The number of benzene rings is 2. The zero-order valence-electron chi connectivity index (χ0n) is 18.3. The van der Waals surface area contributed by atoms with E-state index >= 15 is 0 Å². The minimum atomic E-state index is -4.10.